The number of rotatable bonds is 6. The summed E-state index contributed by atoms with van der Waals surface area (Å²) in [4.78, 5) is 19.9. The number of hydrogen-bond donors (Lipinski definition) is 2. The average molecular weight is 543 g/mol. The summed E-state index contributed by atoms with van der Waals surface area (Å²) in [5.41, 5.74) is 2.02. The van der Waals surface area contributed by atoms with Crippen molar-refractivity contribution in [2.24, 2.45) is 0 Å². The summed E-state index contributed by atoms with van der Waals surface area (Å²) in [6.45, 7) is 1.19. The summed E-state index contributed by atoms with van der Waals surface area (Å²) in [7, 11) is 3.22. The zero-order valence-corrected chi connectivity index (χ0v) is 22.2. The van der Waals surface area contributed by atoms with Crippen molar-refractivity contribution in [2.45, 2.75) is 24.9 Å². The van der Waals surface area contributed by atoms with E-state index < -0.39 is 0 Å². The zero-order chi connectivity index (χ0) is 27.3. The molecule has 2 aliphatic rings. The zero-order valence-electron chi connectivity index (χ0n) is 21.4. The first kappa shape index (κ1) is 24.8. The summed E-state index contributed by atoms with van der Waals surface area (Å²) >= 11 is 5.73. The summed E-state index contributed by atoms with van der Waals surface area (Å²) in [5, 5.41) is 26.0. The maximum absolute atomic E-state index is 13.6. The van der Waals surface area contributed by atoms with Crippen molar-refractivity contribution >= 4 is 28.1 Å². The molecule has 0 radical (unpaired) electrons. The van der Waals surface area contributed by atoms with Crippen molar-refractivity contribution in [3.63, 3.8) is 0 Å². The minimum absolute atomic E-state index is 0.104. The highest BCUT2D eigenvalue weighted by Gasteiger charge is 2.48. The third-order valence-electron chi connectivity index (χ3n) is 7.58. The number of hydrogen-bond acceptors (Lipinski definition) is 7. The average Bonchev–Trinajstić information content (AvgIpc) is 3.63. The van der Waals surface area contributed by atoms with Crippen LogP contribution < -0.4 is 20.5 Å². The SMILES string of the molecule is COc1ccc(CCNC(=S)N2CC3CC2c2c(O)n(-c4cnc(C#N)c5ccccc45)c(=O)n23)cc1OC. The van der Waals surface area contributed by atoms with E-state index in [4.69, 9.17) is 21.7 Å². The van der Waals surface area contributed by atoms with Crippen LogP contribution in [0, 0.1) is 11.3 Å². The van der Waals surface area contributed by atoms with Gasteiger partial charge in [0.25, 0.3) is 0 Å². The first-order chi connectivity index (χ1) is 19.0. The molecule has 0 amide bonds. The molecule has 2 aliphatic heterocycles. The van der Waals surface area contributed by atoms with Crippen LogP contribution >= 0.6 is 12.2 Å². The number of nitrogens with zero attached hydrogens (tertiary/aromatic N) is 5. The minimum atomic E-state index is -0.321. The largest absolute Gasteiger partial charge is 0.493 e. The van der Waals surface area contributed by atoms with Gasteiger partial charge in [0, 0.05) is 23.9 Å². The fourth-order valence-corrected chi connectivity index (χ4v) is 6.09. The normalized spacial score (nSPS) is 17.2. The fourth-order valence-electron chi connectivity index (χ4n) is 5.78. The van der Waals surface area contributed by atoms with E-state index in [0.29, 0.717) is 58.3 Å². The summed E-state index contributed by atoms with van der Waals surface area (Å²) in [6.07, 6.45) is 2.90. The van der Waals surface area contributed by atoms with Crippen LogP contribution in [0.1, 0.15) is 35.5 Å². The van der Waals surface area contributed by atoms with Gasteiger partial charge in [-0.15, -0.1) is 0 Å². The van der Waals surface area contributed by atoms with E-state index in [1.54, 1.807) is 24.9 Å². The Kier molecular flexibility index (Phi) is 6.12. The number of nitriles is 1. The molecule has 1 saturated heterocycles. The van der Waals surface area contributed by atoms with Gasteiger partial charge in [0.2, 0.25) is 5.88 Å². The van der Waals surface area contributed by atoms with E-state index in [-0.39, 0.29) is 29.3 Å². The predicted molar refractivity (Wildman–Crippen MR) is 149 cm³/mol. The van der Waals surface area contributed by atoms with Crippen molar-refractivity contribution in [1.82, 2.24) is 24.3 Å². The Morgan fingerprint density at radius 3 is 2.72 bits per heavy atom. The van der Waals surface area contributed by atoms with Crippen molar-refractivity contribution in [2.75, 3.05) is 27.3 Å². The number of methoxy groups -OCH3 is 2. The van der Waals surface area contributed by atoms with E-state index in [1.807, 2.05) is 41.3 Å². The van der Waals surface area contributed by atoms with Gasteiger partial charge in [0.05, 0.1) is 38.2 Å². The van der Waals surface area contributed by atoms with Gasteiger partial charge in [-0.05, 0) is 42.8 Å². The predicted octanol–water partition coefficient (Wildman–Crippen LogP) is 3.20. The molecule has 198 valence electrons. The number of ether oxygens (including phenoxy) is 2. The van der Waals surface area contributed by atoms with Gasteiger partial charge in [0.1, 0.15) is 17.5 Å². The Hall–Kier alpha value is -4.56. The molecule has 0 saturated carbocycles. The van der Waals surface area contributed by atoms with Gasteiger partial charge in [-0.25, -0.2) is 14.3 Å². The van der Waals surface area contributed by atoms with Crippen LogP contribution in [0.2, 0.25) is 0 Å². The molecule has 11 heteroatoms. The Morgan fingerprint density at radius 2 is 1.97 bits per heavy atom. The Balaban J connectivity index is 1.24. The molecule has 4 heterocycles. The molecular formula is C28H26N6O4S. The van der Waals surface area contributed by atoms with E-state index in [1.165, 1.54) is 10.8 Å². The number of imidazole rings is 1. The highest BCUT2D eigenvalue weighted by atomic mass is 32.1. The molecule has 0 aliphatic carbocycles. The quantitative estimate of drug-likeness (QED) is 0.354. The van der Waals surface area contributed by atoms with Crippen LogP contribution in [0.3, 0.4) is 0 Å². The van der Waals surface area contributed by atoms with E-state index in [2.05, 4.69) is 16.4 Å². The second-order valence-electron chi connectivity index (χ2n) is 9.58. The Bertz CT molecular complexity index is 1720. The first-order valence-corrected chi connectivity index (χ1v) is 13.0. The number of aromatic hydroxyl groups is 1. The molecule has 2 unspecified atom stereocenters. The molecule has 39 heavy (non-hydrogen) atoms. The van der Waals surface area contributed by atoms with Crippen molar-refractivity contribution in [3.05, 3.63) is 76.1 Å². The number of thiocarbonyl (C=S) groups is 1. The van der Waals surface area contributed by atoms with Crippen molar-refractivity contribution < 1.29 is 14.6 Å². The molecule has 6 rings (SSSR count). The second-order valence-corrected chi connectivity index (χ2v) is 9.96. The standard InChI is InChI=1S/C28H26N6O4S/c1-37-23-8-7-16(11-24(23)38-2)9-10-30-27(39)32-15-17-12-21(32)25-26(35)34(28(36)33(17)25)22-14-31-20(13-29)18-5-3-4-6-19(18)22/h3-8,11,14,17,21,35H,9-10,12,15H2,1-2H3,(H,30,39). The highest BCUT2D eigenvalue weighted by molar-refractivity contribution is 7.80. The van der Waals surface area contributed by atoms with Crippen LogP contribution in [0.4, 0.5) is 0 Å². The van der Waals surface area contributed by atoms with E-state index in [9.17, 15) is 15.2 Å². The minimum Gasteiger partial charge on any atom is -0.493 e. The molecule has 2 N–H and O–H groups in total. The summed E-state index contributed by atoms with van der Waals surface area (Å²) in [5.74, 6) is 1.24. The molecule has 2 atom stereocenters. The molecule has 10 nitrogen and oxygen atoms in total. The third-order valence-corrected chi connectivity index (χ3v) is 7.96. The van der Waals surface area contributed by atoms with Crippen LogP contribution in [-0.2, 0) is 6.42 Å². The van der Waals surface area contributed by atoms with Gasteiger partial charge >= 0.3 is 5.69 Å². The molecule has 2 aromatic carbocycles. The van der Waals surface area contributed by atoms with Crippen LogP contribution in [0.5, 0.6) is 17.4 Å². The van der Waals surface area contributed by atoms with Crippen LogP contribution in [0.15, 0.2) is 53.5 Å². The van der Waals surface area contributed by atoms with Crippen LogP contribution in [-0.4, -0.2) is 56.5 Å². The van der Waals surface area contributed by atoms with E-state index >= 15 is 0 Å². The lowest BCUT2D eigenvalue weighted by Crippen LogP contribution is -2.43. The second kappa shape index (κ2) is 9.63. The maximum atomic E-state index is 13.6. The topological polar surface area (TPSA) is 118 Å². The van der Waals surface area contributed by atoms with Crippen molar-refractivity contribution in [1.29, 1.82) is 5.26 Å². The monoisotopic (exact) mass is 542 g/mol. The van der Waals surface area contributed by atoms with Gasteiger partial charge in [0.15, 0.2) is 16.6 Å². The number of fused-ring (bicyclic) bond motifs is 6. The number of likely N-dealkylation sites (tertiary alicyclic amines) is 1. The van der Waals surface area contributed by atoms with Gasteiger partial charge < -0.3 is 24.8 Å². The molecule has 4 aromatic rings. The number of nitrogens with one attached hydrogen (secondary N) is 1. The Labute approximate surface area is 229 Å². The maximum Gasteiger partial charge on any atom is 0.336 e. The molecule has 2 bridgehead atoms. The number of aromatic nitrogens is 3. The lowest BCUT2D eigenvalue weighted by Gasteiger charge is -2.30. The fraction of sp³-hybridized carbons (Fsp3) is 0.286. The smallest absolute Gasteiger partial charge is 0.336 e. The first-order valence-electron chi connectivity index (χ1n) is 12.6. The van der Waals surface area contributed by atoms with Gasteiger partial charge in [-0.2, -0.15) is 5.26 Å². The van der Waals surface area contributed by atoms with Gasteiger partial charge in [-0.1, -0.05) is 30.3 Å². The Morgan fingerprint density at radius 1 is 1.21 bits per heavy atom. The number of benzene rings is 2. The number of pyridine rings is 1. The molecule has 0 spiro atoms. The summed E-state index contributed by atoms with van der Waals surface area (Å²) in [6, 6.07) is 14.8. The van der Waals surface area contributed by atoms with Crippen LogP contribution in [0.25, 0.3) is 16.5 Å². The highest BCUT2D eigenvalue weighted by Crippen LogP contribution is 2.48. The van der Waals surface area contributed by atoms with Crippen molar-refractivity contribution in [3.8, 4) is 29.1 Å². The lowest BCUT2D eigenvalue weighted by molar-refractivity contribution is 0.334. The van der Waals surface area contributed by atoms with E-state index in [0.717, 1.165) is 12.0 Å². The van der Waals surface area contributed by atoms with Gasteiger partial charge in [-0.3, -0.25) is 4.57 Å². The summed E-state index contributed by atoms with van der Waals surface area (Å²) < 4.78 is 13.7. The molecule has 2 aromatic heterocycles. The molecule has 1 fully saturated rings. The third kappa shape index (κ3) is 3.87. The lowest BCUT2D eigenvalue weighted by atomic mass is 10.1. The molecular weight excluding hydrogens is 516 g/mol.